The second-order valence-electron chi connectivity index (χ2n) is 35.8. The highest BCUT2D eigenvalue weighted by Crippen LogP contribution is 2.27. The zero-order valence-corrected chi connectivity index (χ0v) is 88.0. The number of methoxy groups -OCH3 is 2. The molecule has 0 aliphatic rings. The Balaban J connectivity index is -0.000000183. The molecule has 0 saturated heterocycles. The van der Waals surface area contributed by atoms with Crippen molar-refractivity contribution in [3.8, 4) is 0 Å². The van der Waals surface area contributed by atoms with E-state index in [2.05, 4.69) is 11.7 Å². The summed E-state index contributed by atoms with van der Waals surface area (Å²) in [6.07, 6.45) is 9.90. The summed E-state index contributed by atoms with van der Waals surface area (Å²) in [6.45, 7) is 70.5. The summed E-state index contributed by atoms with van der Waals surface area (Å²) in [5.74, 6) is -1.74. The Hall–Kier alpha value is -5.37. The molecule has 0 radical (unpaired) electrons. The molecule has 0 bridgehead atoms. The van der Waals surface area contributed by atoms with E-state index in [1.54, 1.807) is 28.1 Å². The van der Waals surface area contributed by atoms with Gasteiger partial charge >= 0.3 is 53.7 Å². The van der Waals surface area contributed by atoms with Gasteiger partial charge in [0.05, 0.1) is 186 Å². The Morgan fingerprint density at radius 1 is 0.262 bits per heavy atom. The first kappa shape index (κ1) is 142. The molecule has 0 heterocycles. The van der Waals surface area contributed by atoms with Gasteiger partial charge in [-0.2, -0.15) is 0 Å². The summed E-state index contributed by atoms with van der Waals surface area (Å²) in [7, 11) is 3.24. The third-order valence-corrected chi connectivity index (χ3v) is 20.6. The summed E-state index contributed by atoms with van der Waals surface area (Å²) < 4.78 is 97.2. The molecule has 0 amide bonds. The summed E-state index contributed by atoms with van der Waals surface area (Å²) in [6, 6.07) is 0. The highest BCUT2D eigenvalue weighted by Gasteiger charge is 2.33. The van der Waals surface area contributed by atoms with Crippen molar-refractivity contribution in [1.82, 2.24) is 0 Å². The molecule has 33 nitrogen and oxygen atoms in total. The van der Waals surface area contributed by atoms with E-state index in [1.165, 1.54) is 0 Å². The van der Waals surface area contributed by atoms with E-state index >= 15 is 0 Å². The number of carbonyl (C=O) groups excluding carboxylic acids is 9. The van der Waals surface area contributed by atoms with Crippen molar-refractivity contribution in [2.75, 3.05) is 199 Å². The zero-order chi connectivity index (χ0) is 103. The predicted molar refractivity (Wildman–Crippen MR) is 505 cm³/mol. The third kappa shape index (κ3) is 87.9. The van der Waals surface area contributed by atoms with Gasteiger partial charge in [-0.05, 0) is 222 Å². The summed E-state index contributed by atoms with van der Waals surface area (Å²) in [5, 5.41) is 42.5. The smallest absolute Gasteiger partial charge is 0.311 e. The first-order valence-corrected chi connectivity index (χ1v) is 47.0. The second-order valence-corrected chi connectivity index (χ2v) is 35.8. The van der Waals surface area contributed by atoms with Crippen LogP contribution in [-0.2, 0) is 133 Å². The Labute approximate surface area is 786 Å². The van der Waals surface area contributed by atoms with Gasteiger partial charge in [-0.3, -0.25) is 43.2 Å². The van der Waals surface area contributed by atoms with E-state index < -0.39 is 33.2 Å². The molecular formula is C97H194O33. The van der Waals surface area contributed by atoms with E-state index in [9.17, 15) is 43.2 Å². The maximum absolute atomic E-state index is 11.8. The minimum atomic E-state index is -0.582. The van der Waals surface area contributed by atoms with Crippen LogP contribution < -0.4 is 0 Å². The molecule has 5 unspecified atom stereocenters. The van der Waals surface area contributed by atoms with E-state index in [-0.39, 0.29) is 154 Å². The Morgan fingerprint density at radius 3 is 0.808 bits per heavy atom. The molecule has 0 spiro atoms. The van der Waals surface area contributed by atoms with Gasteiger partial charge in [-0.15, -0.1) is 0 Å². The lowest BCUT2D eigenvalue weighted by molar-refractivity contribution is -0.159. The average Bonchev–Trinajstić information content (AvgIpc) is 0.891. The summed E-state index contributed by atoms with van der Waals surface area (Å²) in [5.41, 5.74) is -3.24. The maximum atomic E-state index is 11.8. The van der Waals surface area contributed by atoms with Gasteiger partial charge in [0.2, 0.25) is 0 Å². The molecule has 0 aliphatic carbocycles. The van der Waals surface area contributed by atoms with Crippen LogP contribution in [0.5, 0.6) is 0 Å². The molecule has 0 aromatic rings. The molecule has 0 aliphatic heterocycles. The Morgan fingerprint density at radius 2 is 0.523 bits per heavy atom. The fraction of sp³-hybridized carbons (Fsp3) is 0.907. The number of aliphatic hydroxyl groups excluding tert-OH is 5. The van der Waals surface area contributed by atoms with E-state index in [0.717, 1.165) is 83.7 Å². The van der Waals surface area contributed by atoms with Crippen LogP contribution in [0, 0.1) is 49.2 Å². The van der Waals surface area contributed by atoms with Crippen LogP contribution >= 0.6 is 0 Å². The van der Waals surface area contributed by atoms with Crippen molar-refractivity contribution in [3.63, 3.8) is 0 Å². The number of hydrogen-bond acceptors (Lipinski definition) is 33. The standard InChI is InChI=1S/C16H32O5.C14H28O6.C14H28O4.2C10H20O3.2C9H18O3.C8H16O3.C7H14O3/c1-8-16(5,6)15(17)21-11-14(4)20-10-13(3)19-9-12(2)18-7;1-4-14(2,3)13(16)20-12-11-19-10-9-18-8-7-17-6-5-15;1-5-7-8-16-9-10-17-11-12-18-13(15)14(3,4)6-2;1-5-10(3,4)9(11)13-8-7-12-6-2;1-4-10(2,3)9(12)13-8-6-5-7-11;1-5-9(2,3)8(10)12-7-6-11-4;1-5-9(3,4)8(11)12-6-7(2)10;1-4-8(2,3)7(10)11-6-5-9;1-3-6(2)7(9)10-5-4-8/h12-14H,8-11H2,1-7H3;15H,4-12H2,1-3H3;5-12H2,1-4H3;5-8H2,1-4H3;11H,4-8H2,1-3H3;5-7H2,1-4H3;7,10H,5-6H2,1-4H3;9H,4-6H2,1-3H3;6,8H,3-5H2,1-2H3. The molecule has 5 atom stereocenters. The summed E-state index contributed by atoms with van der Waals surface area (Å²) >= 11 is 0. The normalized spacial score (nSPS) is 12.6. The molecule has 0 aromatic heterocycles. The lowest BCUT2D eigenvalue weighted by Crippen LogP contribution is -2.30. The Kier molecular flexibility index (Phi) is 97.4. The van der Waals surface area contributed by atoms with Gasteiger partial charge in [0.15, 0.2) is 0 Å². The quantitative estimate of drug-likeness (QED) is 0.0214. The molecule has 130 heavy (non-hydrogen) atoms. The maximum Gasteiger partial charge on any atom is 0.311 e. The minimum absolute atomic E-state index is 0.0205. The van der Waals surface area contributed by atoms with Crippen LogP contribution in [0.1, 0.15) is 305 Å². The van der Waals surface area contributed by atoms with E-state index in [0.29, 0.717) is 125 Å². The van der Waals surface area contributed by atoms with Gasteiger partial charge in [-0.25, -0.2) is 0 Å². The van der Waals surface area contributed by atoms with Gasteiger partial charge in [-0.1, -0.05) is 82.6 Å². The minimum Gasteiger partial charge on any atom is -0.465 e. The van der Waals surface area contributed by atoms with Crippen molar-refractivity contribution in [1.29, 1.82) is 0 Å². The molecule has 0 fully saturated rings. The van der Waals surface area contributed by atoms with Crippen molar-refractivity contribution < 1.29 is 159 Å². The molecule has 5 N–H and O–H groups in total. The first-order valence-electron chi connectivity index (χ1n) is 47.0. The number of carbonyl (C=O) groups is 9. The van der Waals surface area contributed by atoms with E-state index in [4.69, 9.17) is 111 Å². The number of aliphatic hydroxyl groups is 5. The van der Waals surface area contributed by atoms with Gasteiger partial charge in [0, 0.05) is 34.0 Å². The first-order chi connectivity index (χ1) is 60.6. The highest BCUT2D eigenvalue weighted by molar-refractivity contribution is 5.79. The number of esters is 9. The van der Waals surface area contributed by atoms with Gasteiger partial charge < -0.3 is 116 Å². The van der Waals surface area contributed by atoms with Crippen LogP contribution in [0.25, 0.3) is 0 Å². The highest BCUT2D eigenvalue weighted by atomic mass is 16.6. The van der Waals surface area contributed by atoms with Crippen molar-refractivity contribution in [2.24, 2.45) is 49.2 Å². The Bertz CT molecular complexity index is 2640. The van der Waals surface area contributed by atoms with Crippen molar-refractivity contribution >= 4 is 53.7 Å². The van der Waals surface area contributed by atoms with Crippen LogP contribution in [0.3, 0.4) is 0 Å². The lowest BCUT2D eigenvalue weighted by atomic mass is 9.91. The van der Waals surface area contributed by atoms with Gasteiger partial charge in [0.25, 0.3) is 0 Å². The van der Waals surface area contributed by atoms with Gasteiger partial charge in [0.1, 0.15) is 52.9 Å². The molecular weight excluding hydrogens is 1690 g/mol. The lowest BCUT2D eigenvalue weighted by Gasteiger charge is -2.23. The number of hydrogen-bond donors (Lipinski definition) is 5. The third-order valence-electron chi connectivity index (χ3n) is 20.6. The number of rotatable bonds is 64. The molecule has 0 aromatic carbocycles. The molecule has 33 heteroatoms. The van der Waals surface area contributed by atoms with E-state index in [1.807, 2.05) is 201 Å². The summed E-state index contributed by atoms with van der Waals surface area (Å²) in [4.78, 5) is 102. The number of ether oxygens (including phenoxy) is 19. The van der Waals surface area contributed by atoms with Crippen LogP contribution in [0.4, 0.5) is 0 Å². The fourth-order valence-electron chi connectivity index (χ4n) is 6.96. The van der Waals surface area contributed by atoms with Crippen molar-refractivity contribution in [3.05, 3.63) is 0 Å². The fourth-order valence-corrected chi connectivity index (χ4v) is 6.96. The topological polar surface area (TPSA) is 430 Å². The molecule has 0 saturated carbocycles. The second kappa shape index (κ2) is 88.9. The number of unbranched alkanes of at least 4 members (excludes halogenated alkanes) is 2. The largest absolute Gasteiger partial charge is 0.465 e. The molecule has 780 valence electrons. The monoisotopic (exact) mass is 1890 g/mol. The SMILES string of the molecule is CCC(C)(C)C(=O)OCC(C)O.CCC(C)(C)C(=O)OCC(C)OCC(C)OCC(C)OC.CCC(C)(C)C(=O)OCCCCO.CCC(C)(C)C(=O)OCCO.CCC(C)(C)C(=O)OCCOC.CCC(C)(C)C(=O)OCCOCCOCCOCCO.CCC(C)C(=O)OCCO.CCCCOCCOCCOC(=O)C(C)(C)CC.CCOCCOC(=O)C(C)(C)CC. The molecule has 0 rings (SSSR count). The van der Waals surface area contributed by atoms with Crippen molar-refractivity contribution in [2.45, 2.75) is 329 Å². The van der Waals surface area contributed by atoms with Crippen LogP contribution in [0.2, 0.25) is 0 Å². The zero-order valence-electron chi connectivity index (χ0n) is 88.0. The van der Waals surface area contributed by atoms with Crippen LogP contribution in [0.15, 0.2) is 0 Å². The average molecular weight is 1890 g/mol. The predicted octanol–water partition coefficient (Wildman–Crippen LogP) is 14.8. The van der Waals surface area contributed by atoms with Crippen LogP contribution in [-0.4, -0.2) is 303 Å².